The number of ether oxygens (including phenoxy) is 1. The van der Waals surface area contributed by atoms with Crippen LogP contribution in [0, 0.1) is 0 Å². The molecule has 7 nitrogen and oxygen atoms in total. The third-order valence-corrected chi connectivity index (χ3v) is 5.36. The van der Waals surface area contributed by atoms with Gasteiger partial charge in [0.05, 0.1) is 11.3 Å². The first kappa shape index (κ1) is 19.8. The normalized spacial score (nSPS) is 16.3. The van der Waals surface area contributed by atoms with Crippen molar-refractivity contribution in [3.05, 3.63) is 65.2 Å². The number of imide groups is 1. The van der Waals surface area contributed by atoms with Crippen LogP contribution in [0.4, 0.5) is 5.69 Å². The Morgan fingerprint density at radius 1 is 0.867 bits per heavy atom. The summed E-state index contributed by atoms with van der Waals surface area (Å²) in [7, 11) is 0. The van der Waals surface area contributed by atoms with Crippen molar-refractivity contribution in [1.29, 1.82) is 0 Å². The lowest BCUT2D eigenvalue weighted by Crippen LogP contribution is -2.28. The van der Waals surface area contributed by atoms with Gasteiger partial charge < -0.3 is 9.64 Å². The van der Waals surface area contributed by atoms with Crippen molar-refractivity contribution in [2.75, 3.05) is 18.0 Å². The van der Waals surface area contributed by atoms with Crippen LogP contribution in [0.15, 0.2) is 48.5 Å². The molecule has 154 valence electrons. The van der Waals surface area contributed by atoms with Gasteiger partial charge >= 0.3 is 5.97 Å². The molecule has 4 rings (SSSR count). The van der Waals surface area contributed by atoms with Gasteiger partial charge in [0.25, 0.3) is 5.91 Å². The number of hydrogen-bond acceptors (Lipinski definition) is 5. The van der Waals surface area contributed by atoms with E-state index in [-0.39, 0.29) is 42.7 Å². The average Bonchev–Trinajstić information content (AvgIpc) is 3.42. The predicted octanol–water partition coefficient (Wildman–Crippen LogP) is 2.93. The van der Waals surface area contributed by atoms with Crippen LogP contribution >= 0.6 is 0 Å². The summed E-state index contributed by atoms with van der Waals surface area (Å²) in [6.45, 7) is 1.65. The number of hydrogen-bond donors (Lipinski definition) is 0. The van der Waals surface area contributed by atoms with E-state index in [0.717, 1.165) is 36.4 Å². The van der Waals surface area contributed by atoms with E-state index in [1.54, 1.807) is 42.5 Å². The molecule has 7 heteroatoms. The maximum absolute atomic E-state index is 12.4. The molecule has 2 heterocycles. The van der Waals surface area contributed by atoms with Gasteiger partial charge in [0, 0.05) is 31.5 Å². The SMILES string of the molecule is O=C(OCc1ccc(C(=O)N2CCCC2)cc1)c1cccc(N2C(=O)CCC2=O)c1. The Labute approximate surface area is 174 Å². The minimum Gasteiger partial charge on any atom is -0.457 e. The summed E-state index contributed by atoms with van der Waals surface area (Å²) in [5, 5.41) is 0. The van der Waals surface area contributed by atoms with E-state index >= 15 is 0 Å². The molecule has 0 bridgehead atoms. The number of amides is 3. The molecule has 2 fully saturated rings. The van der Waals surface area contributed by atoms with Crippen molar-refractivity contribution in [2.45, 2.75) is 32.3 Å². The van der Waals surface area contributed by atoms with Crippen molar-refractivity contribution < 1.29 is 23.9 Å². The fraction of sp³-hybridized carbons (Fsp3) is 0.304. The number of carbonyl (C=O) groups is 4. The Bertz CT molecular complexity index is 977. The van der Waals surface area contributed by atoms with Crippen LogP contribution in [-0.4, -0.2) is 41.7 Å². The lowest BCUT2D eigenvalue weighted by molar-refractivity contribution is -0.121. The van der Waals surface area contributed by atoms with Crippen LogP contribution in [0.3, 0.4) is 0 Å². The summed E-state index contributed by atoms with van der Waals surface area (Å²) in [6, 6.07) is 13.3. The van der Waals surface area contributed by atoms with Crippen LogP contribution in [0.25, 0.3) is 0 Å². The molecule has 2 aromatic carbocycles. The second-order valence-corrected chi connectivity index (χ2v) is 7.45. The number of nitrogens with zero attached hydrogens (tertiary/aromatic N) is 2. The van der Waals surface area contributed by atoms with Crippen LogP contribution in [0.5, 0.6) is 0 Å². The van der Waals surface area contributed by atoms with Crippen molar-refractivity contribution in [2.24, 2.45) is 0 Å². The maximum Gasteiger partial charge on any atom is 0.338 e. The second kappa shape index (κ2) is 8.49. The highest BCUT2D eigenvalue weighted by Crippen LogP contribution is 2.24. The maximum atomic E-state index is 12.4. The van der Waals surface area contributed by atoms with E-state index in [2.05, 4.69) is 0 Å². The second-order valence-electron chi connectivity index (χ2n) is 7.45. The number of likely N-dealkylation sites (tertiary alicyclic amines) is 1. The molecule has 0 spiro atoms. The Morgan fingerprint density at radius 3 is 2.20 bits per heavy atom. The number of rotatable bonds is 5. The van der Waals surface area contributed by atoms with Crippen LogP contribution in [-0.2, 0) is 20.9 Å². The van der Waals surface area contributed by atoms with Gasteiger partial charge in [-0.25, -0.2) is 4.79 Å². The highest BCUT2D eigenvalue weighted by Gasteiger charge is 2.30. The minimum absolute atomic E-state index is 0.0267. The van der Waals surface area contributed by atoms with Gasteiger partial charge in [-0.2, -0.15) is 0 Å². The summed E-state index contributed by atoms with van der Waals surface area (Å²) < 4.78 is 5.36. The van der Waals surface area contributed by atoms with E-state index in [4.69, 9.17) is 4.74 Å². The molecule has 30 heavy (non-hydrogen) atoms. The predicted molar refractivity (Wildman–Crippen MR) is 109 cm³/mol. The highest BCUT2D eigenvalue weighted by atomic mass is 16.5. The molecule has 0 unspecified atom stereocenters. The first-order valence-corrected chi connectivity index (χ1v) is 10.0. The van der Waals surface area contributed by atoms with Crippen LogP contribution in [0.1, 0.15) is 52.0 Å². The molecule has 3 amide bonds. The molecule has 0 atom stereocenters. The molecule has 0 N–H and O–H groups in total. The number of benzene rings is 2. The zero-order valence-corrected chi connectivity index (χ0v) is 16.5. The van der Waals surface area contributed by atoms with Gasteiger partial charge in [0.2, 0.25) is 11.8 Å². The molecule has 0 saturated carbocycles. The summed E-state index contributed by atoms with van der Waals surface area (Å²) >= 11 is 0. The smallest absolute Gasteiger partial charge is 0.338 e. The fourth-order valence-corrected chi connectivity index (χ4v) is 3.72. The van der Waals surface area contributed by atoms with Gasteiger partial charge in [0.15, 0.2) is 0 Å². The summed E-state index contributed by atoms with van der Waals surface area (Å²) in [4.78, 5) is 51.6. The van der Waals surface area contributed by atoms with Crippen molar-refractivity contribution >= 4 is 29.4 Å². The van der Waals surface area contributed by atoms with E-state index in [1.807, 2.05) is 4.90 Å². The molecule has 2 aromatic rings. The summed E-state index contributed by atoms with van der Waals surface area (Å²) in [6.07, 6.45) is 2.45. The Morgan fingerprint density at radius 2 is 1.53 bits per heavy atom. The molecular formula is C23H22N2O5. The van der Waals surface area contributed by atoms with Gasteiger partial charge in [-0.05, 0) is 48.7 Å². The molecule has 2 aliphatic rings. The first-order valence-electron chi connectivity index (χ1n) is 10.0. The Balaban J connectivity index is 1.38. The molecule has 0 aromatic heterocycles. The zero-order chi connectivity index (χ0) is 21.1. The van der Waals surface area contributed by atoms with Gasteiger partial charge in [-0.15, -0.1) is 0 Å². The molecular weight excluding hydrogens is 384 g/mol. The molecule has 0 aliphatic carbocycles. The van der Waals surface area contributed by atoms with Gasteiger partial charge in [0.1, 0.15) is 6.61 Å². The van der Waals surface area contributed by atoms with Crippen molar-refractivity contribution in [3.63, 3.8) is 0 Å². The third kappa shape index (κ3) is 4.10. The number of carbonyl (C=O) groups excluding carboxylic acids is 4. The fourth-order valence-electron chi connectivity index (χ4n) is 3.72. The lowest BCUT2D eigenvalue weighted by Gasteiger charge is -2.15. The number of esters is 1. The Hall–Kier alpha value is -3.48. The van der Waals surface area contributed by atoms with Crippen LogP contribution in [0.2, 0.25) is 0 Å². The highest BCUT2D eigenvalue weighted by molar-refractivity contribution is 6.20. The molecule has 2 aliphatic heterocycles. The van der Waals surface area contributed by atoms with Gasteiger partial charge in [-0.1, -0.05) is 18.2 Å². The first-order chi connectivity index (χ1) is 14.5. The summed E-state index contributed by atoms with van der Waals surface area (Å²) in [5.74, 6) is -1.06. The lowest BCUT2D eigenvalue weighted by atomic mass is 10.1. The van der Waals surface area contributed by atoms with E-state index in [0.29, 0.717) is 11.3 Å². The quantitative estimate of drug-likeness (QED) is 0.563. The average molecular weight is 406 g/mol. The topological polar surface area (TPSA) is 84.0 Å². The standard InChI is InChI=1S/C23H22N2O5/c26-20-10-11-21(27)25(20)19-5-3-4-18(14-19)23(29)30-15-16-6-8-17(9-7-16)22(28)24-12-1-2-13-24/h3-9,14H,1-2,10-13,15H2. The zero-order valence-electron chi connectivity index (χ0n) is 16.5. The van der Waals surface area contributed by atoms with E-state index in [9.17, 15) is 19.2 Å². The monoisotopic (exact) mass is 406 g/mol. The molecule has 2 saturated heterocycles. The largest absolute Gasteiger partial charge is 0.457 e. The summed E-state index contributed by atoms with van der Waals surface area (Å²) in [5.41, 5.74) is 2.03. The van der Waals surface area contributed by atoms with E-state index < -0.39 is 5.97 Å². The molecule has 0 radical (unpaired) electrons. The van der Waals surface area contributed by atoms with Crippen molar-refractivity contribution in [3.8, 4) is 0 Å². The number of anilines is 1. The van der Waals surface area contributed by atoms with E-state index in [1.165, 1.54) is 6.07 Å². The minimum atomic E-state index is -0.548. The third-order valence-electron chi connectivity index (χ3n) is 5.36. The Kier molecular flexibility index (Phi) is 5.61. The van der Waals surface area contributed by atoms with Crippen molar-refractivity contribution in [1.82, 2.24) is 4.90 Å². The van der Waals surface area contributed by atoms with Crippen LogP contribution < -0.4 is 4.90 Å². The van der Waals surface area contributed by atoms with Gasteiger partial charge in [-0.3, -0.25) is 19.3 Å².